The third-order valence-electron chi connectivity index (χ3n) is 13.4. The number of aromatic nitrogens is 4. The molecule has 2 saturated carbocycles. The number of hydrogen-bond donors (Lipinski definition) is 10. The van der Waals surface area contributed by atoms with Gasteiger partial charge in [-0.05, 0) is 50.5 Å². The molecule has 2 aromatic rings. The van der Waals surface area contributed by atoms with E-state index in [0.717, 1.165) is 32.1 Å². The minimum Gasteiger partial charge on any atom is -0.479 e. The molecule has 2 aliphatic carbocycles. The van der Waals surface area contributed by atoms with Crippen LogP contribution in [0.1, 0.15) is 95.3 Å². The van der Waals surface area contributed by atoms with Crippen LogP contribution in [0.4, 0.5) is 0 Å². The van der Waals surface area contributed by atoms with Crippen molar-refractivity contribution in [3.8, 4) is 11.3 Å². The van der Waals surface area contributed by atoms with E-state index in [4.69, 9.17) is 28.8 Å². The summed E-state index contributed by atoms with van der Waals surface area (Å²) in [7, 11) is 0. The number of carboxylic acid groups (broad SMARTS) is 1. The molecule has 4 heterocycles. The van der Waals surface area contributed by atoms with E-state index in [9.17, 15) is 49.8 Å². The van der Waals surface area contributed by atoms with E-state index in [1.54, 1.807) is 23.1 Å². The van der Waals surface area contributed by atoms with Gasteiger partial charge in [-0.15, -0.1) is 5.10 Å². The zero-order valence-electron chi connectivity index (χ0n) is 38.7. The summed E-state index contributed by atoms with van der Waals surface area (Å²) in [6.45, 7) is 4.38. The highest BCUT2D eigenvalue weighted by molar-refractivity contribution is 5.95. The summed E-state index contributed by atoms with van der Waals surface area (Å²) in [5.74, 6) is -3.85. The number of pyridine rings is 1. The monoisotopic (exact) mass is 963 g/mol. The van der Waals surface area contributed by atoms with Crippen molar-refractivity contribution < 1.29 is 78.6 Å². The summed E-state index contributed by atoms with van der Waals surface area (Å²) in [6.07, 6.45) is -6.08. The average molecular weight is 964 g/mol. The molecule has 0 radical (unpaired) electrons. The molecule has 0 aromatic carbocycles. The molecule has 0 spiro atoms. The van der Waals surface area contributed by atoms with Gasteiger partial charge in [0, 0.05) is 57.0 Å². The largest absolute Gasteiger partial charge is 0.479 e. The Kier molecular flexibility index (Phi) is 19.5. The topological polar surface area (TPSA) is 336 Å². The van der Waals surface area contributed by atoms with Gasteiger partial charge in [0.05, 0.1) is 36.7 Å². The maximum atomic E-state index is 14.0. The Hall–Kier alpha value is -4.27. The second-order valence-corrected chi connectivity index (χ2v) is 18.4. The maximum absolute atomic E-state index is 14.0. The number of carboxylic acids is 1. The van der Waals surface area contributed by atoms with Gasteiger partial charge in [0.15, 0.2) is 18.7 Å². The summed E-state index contributed by atoms with van der Waals surface area (Å²) in [6, 6.07) is 0.271. The fraction of sp³-hybridized carbons (Fsp3) is 0.756. The molecule has 4 aliphatic rings. The molecule has 2 saturated heterocycles. The highest BCUT2D eigenvalue weighted by atomic mass is 16.7. The van der Waals surface area contributed by atoms with E-state index in [1.807, 2.05) is 6.92 Å². The fourth-order valence-electron chi connectivity index (χ4n) is 9.66. The van der Waals surface area contributed by atoms with Gasteiger partial charge in [-0.1, -0.05) is 50.7 Å². The standard InChI is InChI=1S/C45H69N7O16/c1-4-26-16-27(41(60)47-11-12-48-42(61)29-17-28(19-46-20-29)30-21-52(51-50-30)13-8-14-53)18-31(39(26)68-45-38(59)37(58)35(56)23(2)64-45)66-44-34(49-24(3)55)40(36(57)33(22-54)67-44)65-32(43(62)63)15-25-9-6-5-7-10-25/h17,19-21,23,25-27,31-40,44-45,53-54,56-59H,4-16,18,22H2,1-3H3,(H,47,60)(H,48,61)(H,49,55)(H,62,63)/t23?,26?,27?,31-,32+,33?,34?,35-,36+,37?,38?,39?,40?,44-,45+/m1/s1. The van der Waals surface area contributed by atoms with E-state index in [1.165, 1.54) is 20.0 Å². The van der Waals surface area contributed by atoms with Gasteiger partial charge in [-0.2, -0.15) is 0 Å². The van der Waals surface area contributed by atoms with Crippen LogP contribution in [-0.4, -0.2) is 185 Å². The normalized spacial score (nSPS) is 32.8. The number of carbonyl (C=O) groups is 4. The van der Waals surface area contributed by atoms with Gasteiger partial charge in [-0.3, -0.25) is 24.0 Å². The first kappa shape index (κ1) is 53.1. The lowest BCUT2D eigenvalue weighted by molar-refractivity contribution is -0.338. The molecular formula is C45H69N7O16. The van der Waals surface area contributed by atoms with Crippen molar-refractivity contribution in [1.29, 1.82) is 0 Å². The molecule has 68 heavy (non-hydrogen) atoms. The molecule has 10 N–H and O–H groups in total. The Labute approximate surface area is 394 Å². The van der Waals surface area contributed by atoms with Gasteiger partial charge in [0.1, 0.15) is 48.4 Å². The van der Waals surface area contributed by atoms with Crippen molar-refractivity contribution in [1.82, 2.24) is 35.9 Å². The molecule has 23 nitrogen and oxygen atoms in total. The van der Waals surface area contributed by atoms with Crippen LogP contribution in [0.2, 0.25) is 0 Å². The summed E-state index contributed by atoms with van der Waals surface area (Å²) < 4.78 is 32.8. The Balaban J connectivity index is 1.19. The number of nitrogens with one attached hydrogen (secondary N) is 3. The molecule has 0 bridgehead atoms. The van der Waals surface area contributed by atoms with Crippen molar-refractivity contribution in [2.45, 2.75) is 171 Å². The summed E-state index contributed by atoms with van der Waals surface area (Å²) >= 11 is 0. The van der Waals surface area contributed by atoms with Crippen molar-refractivity contribution in [3.05, 3.63) is 30.2 Å². The Bertz CT molecular complexity index is 1960. The predicted octanol–water partition coefficient (Wildman–Crippen LogP) is -1.01. The lowest BCUT2D eigenvalue weighted by Gasteiger charge is -2.49. The lowest BCUT2D eigenvalue weighted by Crippen LogP contribution is -2.67. The van der Waals surface area contributed by atoms with E-state index in [-0.39, 0.29) is 50.4 Å². The number of hydrogen-bond acceptors (Lipinski definition) is 18. The van der Waals surface area contributed by atoms with Crippen LogP contribution in [0.5, 0.6) is 0 Å². The number of nitrogens with zero attached hydrogens (tertiary/aromatic N) is 4. The molecule has 23 heteroatoms. The fourth-order valence-corrected chi connectivity index (χ4v) is 9.66. The first-order valence-corrected chi connectivity index (χ1v) is 23.7. The van der Waals surface area contributed by atoms with Crippen LogP contribution < -0.4 is 16.0 Å². The minimum absolute atomic E-state index is 0.00415. The number of amides is 3. The van der Waals surface area contributed by atoms with E-state index in [0.29, 0.717) is 30.6 Å². The van der Waals surface area contributed by atoms with Crippen LogP contribution in [-0.2, 0) is 44.6 Å². The number of aliphatic carboxylic acids is 1. The summed E-state index contributed by atoms with van der Waals surface area (Å²) in [4.78, 5) is 56.8. The highest BCUT2D eigenvalue weighted by Crippen LogP contribution is 2.40. The summed E-state index contributed by atoms with van der Waals surface area (Å²) in [5, 5.41) is 89.9. The van der Waals surface area contributed by atoms with Crippen molar-refractivity contribution in [3.63, 3.8) is 0 Å². The van der Waals surface area contributed by atoms with Crippen molar-refractivity contribution in [2.75, 3.05) is 26.3 Å². The molecule has 380 valence electrons. The van der Waals surface area contributed by atoms with Crippen LogP contribution in [0.25, 0.3) is 11.3 Å². The molecule has 4 fully saturated rings. The van der Waals surface area contributed by atoms with Crippen LogP contribution in [0, 0.1) is 17.8 Å². The Morgan fingerprint density at radius 2 is 1.66 bits per heavy atom. The van der Waals surface area contributed by atoms with Crippen LogP contribution in [0.15, 0.2) is 24.7 Å². The highest BCUT2D eigenvalue weighted by Gasteiger charge is 2.53. The van der Waals surface area contributed by atoms with E-state index >= 15 is 0 Å². The SMILES string of the molecule is CCC1CC(C(=O)NCCNC(=O)c2cncc(-c3cn(CCCO)nn3)c2)C[C@@H](O[C@@H]2OC(CO)[C@H](O)C(O[C@@H](CC3CCCCC3)C(=O)O)C2NC(C)=O)C1O[C@@H]1OC(C)[C@@H](O)C(O)C1O. The number of aliphatic hydroxyl groups is 6. The van der Waals surface area contributed by atoms with Gasteiger partial charge in [0.25, 0.3) is 5.91 Å². The van der Waals surface area contributed by atoms with Gasteiger partial charge in [-0.25, -0.2) is 4.79 Å². The number of aryl methyl sites for hydroxylation is 1. The van der Waals surface area contributed by atoms with Crippen LogP contribution >= 0.6 is 0 Å². The van der Waals surface area contributed by atoms with E-state index < -0.39 is 122 Å². The molecule has 15 atom stereocenters. The second-order valence-electron chi connectivity index (χ2n) is 18.4. The van der Waals surface area contributed by atoms with Gasteiger partial charge >= 0.3 is 5.97 Å². The molecule has 2 aliphatic heterocycles. The first-order chi connectivity index (χ1) is 32.6. The molecule has 9 unspecified atom stereocenters. The molecule has 2 aromatic heterocycles. The average Bonchev–Trinajstić information content (AvgIpc) is 3.81. The maximum Gasteiger partial charge on any atom is 0.332 e. The summed E-state index contributed by atoms with van der Waals surface area (Å²) in [5.41, 5.74) is 1.30. The zero-order valence-corrected chi connectivity index (χ0v) is 38.7. The Morgan fingerprint density at radius 3 is 2.35 bits per heavy atom. The lowest BCUT2D eigenvalue weighted by atomic mass is 9.75. The number of rotatable bonds is 21. The Morgan fingerprint density at radius 1 is 0.912 bits per heavy atom. The first-order valence-electron chi connectivity index (χ1n) is 23.7. The van der Waals surface area contributed by atoms with Gasteiger partial charge < -0.3 is 75.4 Å². The van der Waals surface area contributed by atoms with E-state index in [2.05, 4.69) is 31.2 Å². The van der Waals surface area contributed by atoms with Crippen molar-refractivity contribution in [2.24, 2.45) is 17.8 Å². The van der Waals surface area contributed by atoms with Crippen molar-refractivity contribution >= 4 is 23.7 Å². The number of ether oxygens (including phenoxy) is 5. The third kappa shape index (κ3) is 13.5. The molecule has 3 amide bonds. The third-order valence-corrected chi connectivity index (χ3v) is 13.4. The second kappa shape index (κ2) is 25.0. The predicted molar refractivity (Wildman–Crippen MR) is 236 cm³/mol. The number of carbonyl (C=O) groups excluding carboxylic acids is 3. The minimum atomic E-state index is -1.69. The molecule has 6 rings (SSSR count). The van der Waals surface area contributed by atoms with Gasteiger partial charge in [0.2, 0.25) is 11.8 Å². The van der Waals surface area contributed by atoms with Crippen LogP contribution in [0.3, 0.4) is 0 Å². The molecular weight excluding hydrogens is 895 g/mol. The smallest absolute Gasteiger partial charge is 0.332 e. The number of aliphatic hydroxyl groups excluding tert-OH is 6. The quantitative estimate of drug-likeness (QED) is 0.0671. The zero-order chi connectivity index (χ0) is 49.1.